The Labute approximate surface area is 130 Å². The van der Waals surface area contributed by atoms with E-state index in [-0.39, 0.29) is 17.7 Å². The summed E-state index contributed by atoms with van der Waals surface area (Å²) in [7, 11) is 0. The first-order chi connectivity index (χ1) is 10.1. The van der Waals surface area contributed by atoms with Crippen LogP contribution in [0.3, 0.4) is 0 Å². The van der Waals surface area contributed by atoms with Crippen LogP contribution in [0, 0.1) is 5.92 Å². The van der Waals surface area contributed by atoms with Gasteiger partial charge in [-0.05, 0) is 23.6 Å². The molecule has 2 unspecified atom stereocenters. The minimum atomic E-state index is -0.178. The lowest BCUT2D eigenvalue weighted by Gasteiger charge is -2.22. The SMILES string of the molecule is CCC(C)C(C(=O)Nc1ccnc(Cl)c1)c1ccccc1. The summed E-state index contributed by atoms with van der Waals surface area (Å²) in [6, 6.07) is 13.3. The topological polar surface area (TPSA) is 42.0 Å². The average molecular weight is 303 g/mol. The highest BCUT2D eigenvalue weighted by Gasteiger charge is 2.25. The molecule has 1 aromatic carbocycles. The third-order valence-corrected chi connectivity index (χ3v) is 3.85. The Bertz CT molecular complexity index is 601. The van der Waals surface area contributed by atoms with Gasteiger partial charge in [0.2, 0.25) is 5.91 Å². The van der Waals surface area contributed by atoms with Crippen LogP contribution in [0.15, 0.2) is 48.7 Å². The number of nitrogens with one attached hydrogen (secondary N) is 1. The van der Waals surface area contributed by atoms with Crippen molar-refractivity contribution < 1.29 is 4.79 Å². The van der Waals surface area contributed by atoms with Crippen LogP contribution in [-0.4, -0.2) is 10.9 Å². The number of nitrogens with zero attached hydrogens (tertiary/aromatic N) is 1. The van der Waals surface area contributed by atoms with E-state index in [4.69, 9.17) is 11.6 Å². The Balaban J connectivity index is 2.23. The van der Waals surface area contributed by atoms with Gasteiger partial charge in [-0.15, -0.1) is 0 Å². The van der Waals surface area contributed by atoms with E-state index in [1.807, 2.05) is 30.3 Å². The van der Waals surface area contributed by atoms with Gasteiger partial charge in [0.05, 0.1) is 5.92 Å². The molecule has 21 heavy (non-hydrogen) atoms. The van der Waals surface area contributed by atoms with E-state index < -0.39 is 0 Å². The minimum absolute atomic E-state index is 0.0159. The number of benzene rings is 1. The van der Waals surface area contributed by atoms with Gasteiger partial charge in [0, 0.05) is 11.9 Å². The van der Waals surface area contributed by atoms with Gasteiger partial charge >= 0.3 is 0 Å². The number of aromatic nitrogens is 1. The first-order valence-corrected chi connectivity index (χ1v) is 7.47. The molecule has 1 N–H and O–H groups in total. The lowest BCUT2D eigenvalue weighted by molar-refractivity contribution is -0.118. The Morgan fingerprint density at radius 3 is 2.62 bits per heavy atom. The van der Waals surface area contributed by atoms with Gasteiger partial charge in [0.1, 0.15) is 5.15 Å². The van der Waals surface area contributed by atoms with Crippen LogP contribution in [0.4, 0.5) is 5.69 Å². The van der Waals surface area contributed by atoms with Gasteiger partial charge in [-0.2, -0.15) is 0 Å². The summed E-state index contributed by atoms with van der Waals surface area (Å²) < 4.78 is 0. The predicted octanol–water partition coefficient (Wildman–Crippen LogP) is 4.50. The van der Waals surface area contributed by atoms with Crippen LogP contribution in [0.2, 0.25) is 5.15 Å². The summed E-state index contributed by atoms with van der Waals surface area (Å²) in [5.41, 5.74) is 1.70. The zero-order valence-electron chi connectivity index (χ0n) is 12.2. The lowest BCUT2D eigenvalue weighted by atomic mass is 9.85. The monoisotopic (exact) mass is 302 g/mol. The summed E-state index contributed by atoms with van der Waals surface area (Å²) in [4.78, 5) is 16.6. The fraction of sp³-hybridized carbons (Fsp3) is 0.294. The molecule has 3 nitrogen and oxygen atoms in total. The summed E-state index contributed by atoms with van der Waals surface area (Å²) in [6.45, 7) is 4.19. The van der Waals surface area contributed by atoms with Crippen molar-refractivity contribution in [2.75, 3.05) is 5.32 Å². The zero-order valence-corrected chi connectivity index (χ0v) is 13.0. The number of carbonyl (C=O) groups is 1. The summed E-state index contributed by atoms with van der Waals surface area (Å²) >= 11 is 5.85. The van der Waals surface area contributed by atoms with E-state index in [9.17, 15) is 4.79 Å². The molecule has 0 saturated heterocycles. The third kappa shape index (κ3) is 4.05. The summed E-state index contributed by atoms with van der Waals surface area (Å²) in [5.74, 6) is 0.0608. The van der Waals surface area contributed by atoms with Crippen molar-refractivity contribution >= 4 is 23.2 Å². The zero-order chi connectivity index (χ0) is 15.2. The fourth-order valence-corrected chi connectivity index (χ4v) is 2.51. The van der Waals surface area contributed by atoms with E-state index in [2.05, 4.69) is 24.1 Å². The normalized spacial score (nSPS) is 13.5. The van der Waals surface area contributed by atoms with Crippen molar-refractivity contribution in [3.05, 3.63) is 59.4 Å². The molecule has 0 aliphatic heterocycles. The van der Waals surface area contributed by atoms with E-state index in [1.165, 1.54) is 0 Å². The highest BCUT2D eigenvalue weighted by atomic mass is 35.5. The first kappa shape index (κ1) is 15.5. The van der Waals surface area contributed by atoms with Crippen LogP contribution >= 0.6 is 11.6 Å². The van der Waals surface area contributed by atoms with Crippen molar-refractivity contribution in [1.29, 1.82) is 0 Å². The van der Waals surface area contributed by atoms with Crippen molar-refractivity contribution in [2.45, 2.75) is 26.2 Å². The molecule has 2 rings (SSSR count). The number of amides is 1. The largest absolute Gasteiger partial charge is 0.325 e. The number of pyridine rings is 1. The number of hydrogen-bond acceptors (Lipinski definition) is 2. The smallest absolute Gasteiger partial charge is 0.232 e. The molecule has 0 aliphatic carbocycles. The van der Waals surface area contributed by atoms with Crippen LogP contribution in [0.5, 0.6) is 0 Å². The van der Waals surface area contributed by atoms with Gasteiger partial charge in [0.15, 0.2) is 0 Å². The van der Waals surface area contributed by atoms with E-state index in [1.54, 1.807) is 18.3 Å². The average Bonchev–Trinajstić information content (AvgIpc) is 2.48. The predicted molar refractivity (Wildman–Crippen MR) is 86.5 cm³/mol. The summed E-state index contributed by atoms with van der Waals surface area (Å²) in [6.07, 6.45) is 2.52. The molecule has 0 radical (unpaired) electrons. The number of rotatable bonds is 5. The molecule has 1 heterocycles. The van der Waals surface area contributed by atoms with Crippen molar-refractivity contribution in [2.24, 2.45) is 5.92 Å². The fourth-order valence-electron chi connectivity index (χ4n) is 2.33. The van der Waals surface area contributed by atoms with E-state index >= 15 is 0 Å². The highest BCUT2D eigenvalue weighted by Crippen LogP contribution is 2.28. The molecule has 0 saturated carbocycles. The van der Waals surface area contributed by atoms with Crippen LogP contribution in [0.25, 0.3) is 0 Å². The maximum absolute atomic E-state index is 12.7. The third-order valence-electron chi connectivity index (χ3n) is 3.65. The quantitative estimate of drug-likeness (QED) is 0.826. The number of hydrogen-bond donors (Lipinski definition) is 1. The molecule has 110 valence electrons. The molecular formula is C17H19ClN2O. The second kappa shape index (κ2) is 7.23. The van der Waals surface area contributed by atoms with Gasteiger partial charge in [-0.1, -0.05) is 62.2 Å². The standard InChI is InChI=1S/C17H19ClN2O/c1-3-12(2)16(13-7-5-4-6-8-13)17(21)20-14-9-10-19-15(18)11-14/h4-12,16H,3H2,1-2H3,(H,19,20,21). The Kier molecular flexibility index (Phi) is 5.34. The van der Waals surface area contributed by atoms with Crippen molar-refractivity contribution in [3.63, 3.8) is 0 Å². The number of anilines is 1. The van der Waals surface area contributed by atoms with E-state index in [0.29, 0.717) is 10.8 Å². The van der Waals surface area contributed by atoms with Crippen LogP contribution in [0.1, 0.15) is 31.7 Å². The Hall–Kier alpha value is -1.87. The maximum Gasteiger partial charge on any atom is 0.232 e. The Morgan fingerprint density at radius 2 is 2.00 bits per heavy atom. The molecule has 2 aromatic rings. The molecule has 0 fully saturated rings. The molecule has 1 amide bonds. The maximum atomic E-state index is 12.7. The Morgan fingerprint density at radius 1 is 1.29 bits per heavy atom. The summed E-state index contributed by atoms with van der Waals surface area (Å²) in [5, 5.41) is 3.30. The number of halogens is 1. The molecule has 0 aliphatic rings. The molecule has 0 spiro atoms. The minimum Gasteiger partial charge on any atom is -0.325 e. The second-order valence-corrected chi connectivity index (χ2v) is 5.52. The van der Waals surface area contributed by atoms with Crippen molar-refractivity contribution in [1.82, 2.24) is 4.98 Å². The van der Waals surface area contributed by atoms with Gasteiger partial charge < -0.3 is 5.32 Å². The number of carbonyl (C=O) groups excluding carboxylic acids is 1. The molecule has 0 bridgehead atoms. The van der Waals surface area contributed by atoms with E-state index in [0.717, 1.165) is 12.0 Å². The van der Waals surface area contributed by atoms with Crippen LogP contribution < -0.4 is 5.32 Å². The molecule has 2 atom stereocenters. The van der Waals surface area contributed by atoms with Gasteiger partial charge in [-0.3, -0.25) is 4.79 Å². The molecular weight excluding hydrogens is 284 g/mol. The lowest BCUT2D eigenvalue weighted by Crippen LogP contribution is -2.26. The van der Waals surface area contributed by atoms with Gasteiger partial charge in [-0.25, -0.2) is 4.98 Å². The highest BCUT2D eigenvalue weighted by molar-refractivity contribution is 6.29. The van der Waals surface area contributed by atoms with Crippen molar-refractivity contribution in [3.8, 4) is 0 Å². The molecule has 1 aromatic heterocycles. The first-order valence-electron chi connectivity index (χ1n) is 7.09. The van der Waals surface area contributed by atoms with Crippen LogP contribution in [-0.2, 0) is 4.79 Å². The van der Waals surface area contributed by atoms with Gasteiger partial charge in [0.25, 0.3) is 0 Å². The molecule has 4 heteroatoms. The second-order valence-electron chi connectivity index (χ2n) is 5.13.